The maximum atomic E-state index is 11.8. The summed E-state index contributed by atoms with van der Waals surface area (Å²) in [7, 11) is 0. The van der Waals surface area contributed by atoms with Crippen molar-refractivity contribution in [2.75, 3.05) is 6.61 Å². The zero-order chi connectivity index (χ0) is 14.2. The molecule has 1 saturated heterocycles. The highest BCUT2D eigenvalue weighted by Gasteiger charge is 2.32. The van der Waals surface area contributed by atoms with Gasteiger partial charge in [-0.05, 0) is 27.8 Å². The molecule has 0 radical (unpaired) electrons. The van der Waals surface area contributed by atoms with Crippen molar-refractivity contribution >= 4 is 11.4 Å². The molecule has 2 nitrogen and oxygen atoms in total. The van der Waals surface area contributed by atoms with Gasteiger partial charge >= 0.3 is 0 Å². The van der Waals surface area contributed by atoms with Crippen LogP contribution in [0.5, 0.6) is 0 Å². The predicted molar refractivity (Wildman–Crippen MR) is 82.0 cm³/mol. The minimum absolute atomic E-state index is 0.0489. The standard InChI is InChI=1S/C19H16O2/c20-15-11-17-18(21-12-15)10-14-8-4-5-9-16(14)19(17)13-6-2-1-3-7-13/h1-9,18H,10-12H2. The number of ketones is 1. The largest absolute Gasteiger partial charge is 0.366 e. The lowest BCUT2D eigenvalue weighted by Crippen LogP contribution is -2.33. The van der Waals surface area contributed by atoms with Crippen LogP contribution in [0.2, 0.25) is 0 Å². The molecule has 1 unspecified atom stereocenters. The normalized spacial score (nSPS) is 21.0. The van der Waals surface area contributed by atoms with Gasteiger partial charge in [0.05, 0.1) is 6.10 Å². The lowest BCUT2D eigenvalue weighted by Gasteiger charge is -2.33. The van der Waals surface area contributed by atoms with Crippen LogP contribution in [0.1, 0.15) is 23.1 Å². The zero-order valence-electron chi connectivity index (χ0n) is 11.7. The second-order valence-electron chi connectivity index (χ2n) is 5.64. The van der Waals surface area contributed by atoms with Crippen LogP contribution in [0.25, 0.3) is 5.57 Å². The van der Waals surface area contributed by atoms with Crippen LogP contribution >= 0.6 is 0 Å². The van der Waals surface area contributed by atoms with Crippen LogP contribution in [0, 0.1) is 0 Å². The van der Waals surface area contributed by atoms with Gasteiger partial charge in [-0.15, -0.1) is 0 Å². The number of Topliss-reactive ketones (excluding diaryl/α,β-unsaturated/α-hetero) is 1. The molecule has 2 heteroatoms. The van der Waals surface area contributed by atoms with E-state index in [0.29, 0.717) is 6.42 Å². The molecule has 1 aliphatic heterocycles. The second-order valence-corrected chi connectivity index (χ2v) is 5.64. The summed E-state index contributed by atoms with van der Waals surface area (Å²) < 4.78 is 5.80. The van der Waals surface area contributed by atoms with Crippen LogP contribution in [0.3, 0.4) is 0 Å². The first-order chi connectivity index (χ1) is 10.3. The number of fused-ring (bicyclic) bond motifs is 2. The molecule has 21 heavy (non-hydrogen) atoms. The van der Waals surface area contributed by atoms with E-state index in [1.165, 1.54) is 22.3 Å². The Balaban J connectivity index is 1.96. The smallest absolute Gasteiger partial charge is 0.162 e. The summed E-state index contributed by atoms with van der Waals surface area (Å²) in [5, 5.41) is 0. The summed E-state index contributed by atoms with van der Waals surface area (Å²) in [4.78, 5) is 11.8. The highest BCUT2D eigenvalue weighted by molar-refractivity contribution is 5.92. The fourth-order valence-corrected chi connectivity index (χ4v) is 3.36. The third kappa shape index (κ3) is 2.12. The number of ether oxygens (including phenoxy) is 1. The molecule has 2 aromatic rings. The number of carbonyl (C=O) groups excluding carboxylic acids is 1. The molecule has 2 aromatic carbocycles. The van der Waals surface area contributed by atoms with E-state index in [1.807, 2.05) is 18.2 Å². The van der Waals surface area contributed by atoms with Gasteiger partial charge in [0.25, 0.3) is 0 Å². The van der Waals surface area contributed by atoms with Gasteiger partial charge in [-0.1, -0.05) is 54.6 Å². The molecule has 104 valence electrons. The fraction of sp³-hybridized carbons (Fsp3) is 0.211. The van der Waals surface area contributed by atoms with Crippen LogP contribution in [-0.4, -0.2) is 18.5 Å². The fourth-order valence-electron chi connectivity index (χ4n) is 3.36. The first-order valence-electron chi connectivity index (χ1n) is 7.33. The Morgan fingerprint density at radius 2 is 1.71 bits per heavy atom. The molecule has 1 aliphatic carbocycles. The lowest BCUT2D eigenvalue weighted by molar-refractivity contribution is -0.127. The summed E-state index contributed by atoms with van der Waals surface area (Å²) in [6.07, 6.45) is 1.44. The molecular weight excluding hydrogens is 260 g/mol. The van der Waals surface area contributed by atoms with Crippen molar-refractivity contribution in [2.45, 2.75) is 18.9 Å². The molecule has 0 amide bonds. The van der Waals surface area contributed by atoms with Gasteiger partial charge in [-0.2, -0.15) is 0 Å². The van der Waals surface area contributed by atoms with Gasteiger partial charge in [0, 0.05) is 12.8 Å². The van der Waals surface area contributed by atoms with Gasteiger partial charge in [0.2, 0.25) is 0 Å². The Hall–Kier alpha value is -2.19. The highest BCUT2D eigenvalue weighted by atomic mass is 16.5. The Bertz CT molecular complexity index is 728. The van der Waals surface area contributed by atoms with Crippen LogP contribution in [0.4, 0.5) is 0 Å². The summed E-state index contributed by atoms with van der Waals surface area (Å²) >= 11 is 0. The van der Waals surface area contributed by atoms with E-state index in [2.05, 4.69) is 36.4 Å². The van der Waals surface area contributed by atoms with Crippen molar-refractivity contribution < 1.29 is 9.53 Å². The molecule has 0 saturated carbocycles. The van der Waals surface area contributed by atoms with Crippen LogP contribution in [-0.2, 0) is 16.0 Å². The van der Waals surface area contributed by atoms with Gasteiger partial charge in [-0.3, -0.25) is 4.79 Å². The Labute approximate surface area is 124 Å². The molecular formula is C19H16O2. The van der Waals surface area contributed by atoms with E-state index >= 15 is 0 Å². The van der Waals surface area contributed by atoms with Crippen molar-refractivity contribution in [3.05, 3.63) is 76.9 Å². The van der Waals surface area contributed by atoms with Gasteiger partial charge in [0.1, 0.15) is 6.61 Å². The van der Waals surface area contributed by atoms with Crippen molar-refractivity contribution in [2.24, 2.45) is 0 Å². The summed E-state index contributed by atoms with van der Waals surface area (Å²) in [5.41, 5.74) is 6.06. The predicted octanol–water partition coefficient (Wildman–Crippen LogP) is 3.40. The van der Waals surface area contributed by atoms with Crippen molar-refractivity contribution in [3.63, 3.8) is 0 Å². The average molecular weight is 276 g/mol. The molecule has 0 bridgehead atoms. The SMILES string of the molecule is O=C1COC2Cc3ccccc3C(c3ccccc3)=C2C1. The monoisotopic (exact) mass is 276 g/mol. The van der Waals surface area contributed by atoms with E-state index in [9.17, 15) is 4.79 Å². The van der Waals surface area contributed by atoms with Crippen molar-refractivity contribution in [3.8, 4) is 0 Å². The van der Waals surface area contributed by atoms with Crippen molar-refractivity contribution in [1.82, 2.24) is 0 Å². The maximum absolute atomic E-state index is 11.8. The van der Waals surface area contributed by atoms with E-state index in [0.717, 1.165) is 12.0 Å². The van der Waals surface area contributed by atoms with E-state index in [-0.39, 0.29) is 18.5 Å². The number of carbonyl (C=O) groups is 1. The maximum Gasteiger partial charge on any atom is 0.162 e. The topological polar surface area (TPSA) is 26.3 Å². The number of hydrogen-bond acceptors (Lipinski definition) is 2. The molecule has 0 spiro atoms. The first-order valence-corrected chi connectivity index (χ1v) is 7.33. The molecule has 4 rings (SSSR count). The Morgan fingerprint density at radius 3 is 2.57 bits per heavy atom. The zero-order valence-corrected chi connectivity index (χ0v) is 11.7. The van der Waals surface area contributed by atoms with Gasteiger partial charge < -0.3 is 4.74 Å². The van der Waals surface area contributed by atoms with Gasteiger partial charge in [0.15, 0.2) is 5.78 Å². The van der Waals surface area contributed by atoms with E-state index in [4.69, 9.17) is 4.74 Å². The third-order valence-corrected chi connectivity index (χ3v) is 4.30. The second kappa shape index (κ2) is 4.97. The average Bonchev–Trinajstić information content (AvgIpc) is 2.53. The molecule has 1 atom stereocenters. The minimum Gasteiger partial charge on any atom is -0.366 e. The number of benzene rings is 2. The summed E-state index contributed by atoms with van der Waals surface area (Å²) in [6.45, 7) is 0.248. The Kier molecular flexibility index (Phi) is 2.97. The quantitative estimate of drug-likeness (QED) is 0.798. The van der Waals surface area contributed by atoms with Crippen molar-refractivity contribution in [1.29, 1.82) is 0 Å². The molecule has 0 aromatic heterocycles. The van der Waals surface area contributed by atoms with Gasteiger partial charge in [-0.25, -0.2) is 0 Å². The van der Waals surface area contributed by atoms with Crippen LogP contribution < -0.4 is 0 Å². The number of rotatable bonds is 1. The highest BCUT2D eigenvalue weighted by Crippen LogP contribution is 2.39. The summed E-state index contributed by atoms with van der Waals surface area (Å²) in [5.74, 6) is 0.175. The molecule has 0 N–H and O–H groups in total. The molecule has 1 fully saturated rings. The third-order valence-electron chi connectivity index (χ3n) is 4.30. The minimum atomic E-state index is 0.0489. The Morgan fingerprint density at radius 1 is 0.952 bits per heavy atom. The molecule has 2 aliphatic rings. The van der Waals surface area contributed by atoms with E-state index in [1.54, 1.807) is 0 Å². The van der Waals surface area contributed by atoms with Crippen LogP contribution in [0.15, 0.2) is 60.2 Å². The first kappa shape index (κ1) is 12.5. The van der Waals surface area contributed by atoms with E-state index < -0.39 is 0 Å². The number of hydrogen-bond donors (Lipinski definition) is 0. The molecule has 1 heterocycles. The lowest BCUT2D eigenvalue weighted by atomic mass is 9.78. The summed E-state index contributed by atoms with van der Waals surface area (Å²) in [6, 6.07) is 18.8.